The normalized spacial score (nSPS) is 16.1. The molecule has 1 aliphatic rings. The number of aromatic nitrogens is 1. The summed E-state index contributed by atoms with van der Waals surface area (Å²) in [5.74, 6) is 0.507. The summed E-state index contributed by atoms with van der Waals surface area (Å²) in [5.41, 5.74) is 2.33. The predicted octanol–water partition coefficient (Wildman–Crippen LogP) is 4.50. The van der Waals surface area contributed by atoms with E-state index in [0.29, 0.717) is 17.0 Å². The van der Waals surface area contributed by atoms with E-state index in [9.17, 15) is 8.42 Å². The second-order valence-electron chi connectivity index (χ2n) is 7.40. The lowest BCUT2D eigenvalue weighted by Crippen LogP contribution is -2.36. The van der Waals surface area contributed by atoms with Gasteiger partial charge < -0.3 is 4.52 Å². The van der Waals surface area contributed by atoms with Crippen LogP contribution in [0, 0.1) is 13.8 Å². The first kappa shape index (κ1) is 18.2. The number of aryl methyl sites for hydroxylation is 2. The SMILES string of the molecule is Cc1noc(C)c1CS(=O)(=O)N(C1CC1)C(C)c1ccc2ccccc2c1. The quantitative estimate of drug-likeness (QED) is 0.628. The summed E-state index contributed by atoms with van der Waals surface area (Å²) in [6.45, 7) is 5.53. The van der Waals surface area contributed by atoms with Crippen LogP contribution in [-0.2, 0) is 15.8 Å². The molecule has 4 rings (SSSR count). The number of rotatable bonds is 6. The second kappa shape index (κ2) is 6.77. The predicted molar refractivity (Wildman–Crippen MR) is 106 cm³/mol. The Morgan fingerprint density at radius 2 is 1.85 bits per heavy atom. The van der Waals surface area contributed by atoms with Gasteiger partial charge in [-0.05, 0) is 56.0 Å². The van der Waals surface area contributed by atoms with E-state index in [-0.39, 0.29) is 17.8 Å². The zero-order chi connectivity index (χ0) is 19.2. The Morgan fingerprint density at radius 1 is 1.15 bits per heavy atom. The van der Waals surface area contributed by atoms with Crippen molar-refractivity contribution in [3.8, 4) is 0 Å². The summed E-state index contributed by atoms with van der Waals surface area (Å²) in [6, 6.07) is 14.2. The highest BCUT2D eigenvalue weighted by molar-refractivity contribution is 7.88. The average Bonchev–Trinajstić information content (AvgIpc) is 3.43. The summed E-state index contributed by atoms with van der Waals surface area (Å²) in [5, 5.41) is 6.18. The van der Waals surface area contributed by atoms with Crippen molar-refractivity contribution in [2.24, 2.45) is 0 Å². The Balaban J connectivity index is 1.68. The fourth-order valence-corrected chi connectivity index (χ4v) is 5.89. The molecule has 142 valence electrons. The van der Waals surface area contributed by atoms with Gasteiger partial charge in [0.2, 0.25) is 10.0 Å². The Bertz CT molecular complexity index is 1060. The van der Waals surface area contributed by atoms with Gasteiger partial charge in [-0.25, -0.2) is 8.42 Å². The van der Waals surface area contributed by atoms with Crippen LogP contribution in [0.4, 0.5) is 0 Å². The monoisotopic (exact) mass is 384 g/mol. The maximum Gasteiger partial charge on any atom is 0.219 e. The number of benzene rings is 2. The van der Waals surface area contributed by atoms with Crippen LogP contribution in [0.2, 0.25) is 0 Å². The van der Waals surface area contributed by atoms with Crippen molar-refractivity contribution in [2.45, 2.75) is 51.4 Å². The third-order valence-corrected chi connectivity index (χ3v) is 7.28. The molecule has 1 heterocycles. The molecular formula is C21H24N2O3S. The van der Waals surface area contributed by atoms with Gasteiger partial charge in [0.1, 0.15) is 5.76 Å². The molecule has 27 heavy (non-hydrogen) atoms. The number of hydrogen-bond donors (Lipinski definition) is 0. The van der Waals surface area contributed by atoms with Crippen molar-refractivity contribution < 1.29 is 12.9 Å². The van der Waals surface area contributed by atoms with Crippen LogP contribution >= 0.6 is 0 Å². The lowest BCUT2D eigenvalue weighted by atomic mass is 10.0. The van der Waals surface area contributed by atoms with Gasteiger partial charge in [-0.3, -0.25) is 0 Å². The van der Waals surface area contributed by atoms with Gasteiger partial charge in [0, 0.05) is 17.6 Å². The molecule has 1 aromatic heterocycles. The van der Waals surface area contributed by atoms with Gasteiger partial charge in [0.25, 0.3) is 0 Å². The summed E-state index contributed by atoms with van der Waals surface area (Å²) >= 11 is 0. The molecule has 3 aromatic rings. The van der Waals surface area contributed by atoms with Gasteiger partial charge >= 0.3 is 0 Å². The Kier molecular flexibility index (Phi) is 4.56. The van der Waals surface area contributed by atoms with Crippen LogP contribution in [0.5, 0.6) is 0 Å². The van der Waals surface area contributed by atoms with Gasteiger partial charge in [0.05, 0.1) is 11.4 Å². The van der Waals surface area contributed by atoms with Crippen LogP contribution in [0.3, 0.4) is 0 Å². The van der Waals surface area contributed by atoms with Gasteiger partial charge in [0.15, 0.2) is 0 Å². The molecule has 0 radical (unpaired) electrons. The van der Waals surface area contributed by atoms with Crippen LogP contribution in [0.25, 0.3) is 10.8 Å². The molecule has 5 nitrogen and oxygen atoms in total. The number of hydrogen-bond acceptors (Lipinski definition) is 4. The molecule has 1 saturated carbocycles. The van der Waals surface area contributed by atoms with Gasteiger partial charge in [-0.15, -0.1) is 0 Å². The topological polar surface area (TPSA) is 63.4 Å². The standard InChI is InChI=1S/C21H24N2O3S/c1-14-21(16(3)26-22-14)13-27(24,25)23(20-10-11-20)15(2)18-9-8-17-6-4-5-7-19(17)12-18/h4-9,12,15,20H,10-11,13H2,1-3H3. The highest BCUT2D eigenvalue weighted by Crippen LogP contribution is 2.38. The summed E-state index contributed by atoms with van der Waals surface area (Å²) in [7, 11) is -3.49. The average molecular weight is 385 g/mol. The van der Waals surface area contributed by atoms with Crippen LogP contribution in [0.15, 0.2) is 47.0 Å². The molecule has 0 bridgehead atoms. The van der Waals surface area contributed by atoms with E-state index in [2.05, 4.69) is 29.4 Å². The van der Waals surface area contributed by atoms with E-state index < -0.39 is 10.0 Å². The summed E-state index contributed by atoms with van der Waals surface area (Å²) < 4.78 is 33.5. The minimum Gasteiger partial charge on any atom is -0.361 e. The lowest BCUT2D eigenvalue weighted by molar-refractivity contribution is 0.333. The highest BCUT2D eigenvalue weighted by Gasteiger charge is 2.41. The van der Waals surface area contributed by atoms with E-state index in [1.54, 1.807) is 18.2 Å². The fraction of sp³-hybridized carbons (Fsp3) is 0.381. The van der Waals surface area contributed by atoms with Gasteiger partial charge in [-0.2, -0.15) is 4.31 Å². The molecule has 1 unspecified atom stereocenters. The molecule has 0 N–H and O–H groups in total. The molecule has 1 aliphatic carbocycles. The Morgan fingerprint density at radius 3 is 2.48 bits per heavy atom. The van der Waals surface area contributed by atoms with Crippen molar-refractivity contribution in [3.63, 3.8) is 0 Å². The first-order valence-electron chi connectivity index (χ1n) is 9.28. The Labute approximate surface area is 160 Å². The van der Waals surface area contributed by atoms with Crippen molar-refractivity contribution in [3.05, 3.63) is 65.0 Å². The summed E-state index contributed by atoms with van der Waals surface area (Å²) in [6.07, 6.45) is 1.83. The highest BCUT2D eigenvalue weighted by atomic mass is 32.2. The smallest absolute Gasteiger partial charge is 0.219 e. The fourth-order valence-electron chi connectivity index (χ4n) is 3.69. The van der Waals surface area contributed by atoms with E-state index in [4.69, 9.17) is 4.52 Å². The van der Waals surface area contributed by atoms with Crippen LogP contribution in [-0.4, -0.2) is 23.9 Å². The number of fused-ring (bicyclic) bond motifs is 1. The second-order valence-corrected chi connectivity index (χ2v) is 9.28. The molecular weight excluding hydrogens is 360 g/mol. The molecule has 1 fully saturated rings. The largest absolute Gasteiger partial charge is 0.361 e. The van der Waals surface area contributed by atoms with E-state index in [0.717, 1.165) is 29.2 Å². The molecule has 1 atom stereocenters. The lowest BCUT2D eigenvalue weighted by Gasteiger charge is -2.29. The number of nitrogens with zero attached hydrogens (tertiary/aromatic N) is 2. The van der Waals surface area contributed by atoms with E-state index in [1.165, 1.54) is 0 Å². The Hall–Kier alpha value is -2.18. The van der Waals surface area contributed by atoms with Crippen molar-refractivity contribution in [1.29, 1.82) is 0 Å². The molecule has 0 spiro atoms. The third kappa shape index (κ3) is 3.51. The van der Waals surface area contributed by atoms with Crippen molar-refractivity contribution >= 4 is 20.8 Å². The minimum atomic E-state index is -3.49. The van der Waals surface area contributed by atoms with Crippen LogP contribution in [0.1, 0.15) is 48.4 Å². The van der Waals surface area contributed by atoms with Gasteiger partial charge in [-0.1, -0.05) is 41.6 Å². The zero-order valence-electron chi connectivity index (χ0n) is 15.8. The molecule has 2 aromatic carbocycles. The molecule has 0 aliphatic heterocycles. The minimum absolute atomic E-state index is 0.0669. The maximum absolute atomic E-state index is 13.3. The molecule has 6 heteroatoms. The van der Waals surface area contributed by atoms with Crippen molar-refractivity contribution in [2.75, 3.05) is 0 Å². The van der Waals surface area contributed by atoms with Crippen molar-refractivity contribution in [1.82, 2.24) is 9.46 Å². The number of sulfonamides is 1. The van der Waals surface area contributed by atoms with E-state index >= 15 is 0 Å². The molecule has 0 saturated heterocycles. The maximum atomic E-state index is 13.3. The molecule has 0 amide bonds. The third-order valence-electron chi connectivity index (χ3n) is 5.37. The first-order chi connectivity index (χ1) is 12.9. The first-order valence-corrected chi connectivity index (χ1v) is 10.9. The summed E-state index contributed by atoms with van der Waals surface area (Å²) in [4.78, 5) is 0. The zero-order valence-corrected chi connectivity index (χ0v) is 16.7. The van der Waals surface area contributed by atoms with E-state index in [1.807, 2.05) is 25.1 Å². The van der Waals surface area contributed by atoms with Crippen LogP contribution < -0.4 is 0 Å².